The summed E-state index contributed by atoms with van der Waals surface area (Å²) in [4.78, 5) is 23.7. The van der Waals surface area contributed by atoms with Gasteiger partial charge in [-0.25, -0.2) is 0 Å². The Balaban J connectivity index is 2.02. The Kier molecular flexibility index (Phi) is 6.68. The Bertz CT molecular complexity index is 840. The van der Waals surface area contributed by atoms with Crippen LogP contribution in [0.3, 0.4) is 0 Å². The number of carbonyl (C=O) groups excluding carboxylic acids is 2. The molecule has 0 aromatic heterocycles. The minimum absolute atomic E-state index is 0.0678. The molecule has 2 aromatic rings. The Morgan fingerprint density at radius 3 is 2.44 bits per heavy atom. The lowest BCUT2D eigenvalue weighted by atomic mass is 10.1. The first kappa shape index (κ1) is 20.6. The molecule has 9 heteroatoms. The van der Waals surface area contributed by atoms with E-state index in [9.17, 15) is 22.8 Å². The number of hydrogen-bond acceptors (Lipinski definition) is 4. The number of ether oxygens (including phenoxy) is 2. The largest absolute Gasteiger partial charge is 0.483 e. The average molecular weight is 402 g/mol. The summed E-state index contributed by atoms with van der Waals surface area (Å²) in [5, 5.41) is 2.75. The van der Waals surface area contributed by atoms with Crippen LogP contribution in [0.1, 0.15) is 17.3 Å². The molecule has 2 aromatic carbocycles. The molecular weight excluding hydrogens is 387 g/mol. The summed E-state index contributed by atoms with van der Waals surface area (Å²) in [7, 11) is 0. The molecule has 0 bridgehead atoms. The van der Waals surface area contributed by atoms with Gasteiger partial charge in [-0.05, 0) is 37.3 Å². The van der Waals surface area contributed by atoms with Crippen molar-refractivity contribution in [2.45, 2.75) is 13.1 Å². The molecule has 0 heterocycles. The van der Waals surface area contributed by atoms with Crippen LogP contribution in [0.2, 0.25) is 5.02 Å². The van der Waals surface area contributed by atoms with Crippen LogP contribution in [-0.2, 0) is 4.79 Å². The zero-order chi connectivity index (χ0) is 20.0. The van der Waals surface area contributed by atoms with Crippen molar-refractivity contribution >= 4 is 29.0 Å². The van der Waals surface area contributed by atoms with Crippen LogP contribution in [0, 0.1) is 0 Å². The van der Waals surface area contributed by atoms with Crippen LogP contribution in [0.5, 0.6) is 11.5 Å². The Morgan fingerprint density at radius 2 is 1.78 bits per heavy atom. The van der Waals surface area contributed by atoms with Crippen LogP contribution >= 0.6 is 11.6 Å². The fourth-order valence-electron chi connectivity index (χ4n) is 2.09. The molecule has 27 heavy (non-hydrogen) atoms. The molecule has 0 saturated heterocycles. The third-order valence-electron chi connectivity index (χ3n) is 3.23. The van der Waals surface area contributed by atoms with Crippen LogP contribution in [0.25, 0.3) is 0 Å². The first-order valence-electron chi connectivity index (χ1n) is 7.67. The first-order chi connectivity index (χ1) is 12.7. The van der Waals surface area contributed by atoms with Crippen molar-refractivity contribution in [3.8, 4) is 11.5 Å². The number of hydrogen-bond donors (Lipinski definition) is 1. The smallest absolute Gasteiger partial charge is 0.422 e. The Labute approximate surface area is 158 Å². The van der Waals surface area contributed by atoms with E-state index in [-0.39, 0.29) is 28.5 Å². The lowest BCUT2D eigenvalue weighted by molar-refractivity contribution is -0.153. The maximum absolute atomic E-state index is 12.3. The quantitative estimate of drug-likeness (QED) is 0.694. The maximum atomic E-state index is 12.3. The summed E-state index contributed by atoms with van der Waals surface area (Å²) in [6.07, 6.45) is -4.50. The standard InChI is InChI=1S/C18H15ClF3NO4/c1-11(24)13-8-12(19)6-7-15(13)26-9-17(25)23-14-4-2-3-5-16(14)27-10-18(20,21)22/h2-8H,9-10H2,1H3,(H,23,25). The van der Waals surface area contributed by atoms with Crippen molar-refractivity contribution in [2.24, 2.45) is 0 Å². The fraction of sp³-hybridized carbons (Fsp3) is 0.222. The van der Waals surface area contributed by atoms with E-state index in [1.165, 1.54) is 49.4 Å². The number of ketones is 1. The van der Waals surface area contributed by atoms with Gasteiger partial charge in [0.2, 0.25) is 0 Å². The number of benzene rings is 2. The van der Waals surface area contributed by atoms with Crippen molar-refractivity contribution in [3.63, 3.8) is 0 Å². The number of para-hydroxylation sites is 2. The van der Waals surface area contributed by atoms with Gasteiger partial charge in [0.25, 0.3) is 5.91 Å². The van der Waals surface area contributed by atoms with Gasteiger partial charge >= 0.3 is 6.18 Å². The molecule has 2 rings (SSSR count). The maximum Gasteiger partial charge on any atom is 0.422 e. The Hall–Kier alpha value is -2.74. The number of amides is 1. The number of carbonyl (C=O) groups is 2. The second kappa shape index (κ2) is 8.77. The predicted molar refractivity (Wildman–Crippen MR) is 93.6 cm³/mol. The van der Waals surface area contributed by atoms with Gasteiger partial charge < -0.3 is 14.8 Å². The third-order valence-corrected chi connectivity index (χ3v) is 3.47. The molecule has 0 aliphatic rings. The highest BCUT2D eigenvalue weighted by Gasteiger charge is 2.28. The molecule has 0 radical (unpaired) electrons. The van der Waals surface area contributed by atoms with E-state index >= 15 is 0 Å². The molecule has 0 unspecified atom stereocenters. The van der Waals surface area contributed by atoms with Crippen LogP contribution in [-0.4, -0.2) is 31.1 Å². The van der Waals surface area contributed by atoms with Crippen LogP contribution < -0.4 is 14.8 Å². The van der Waals surface area contributed by atoms with Gasteiger partial charge in [0.15, 0.2) is 19.0 Å². The Morgan fingerprint density at radius 1 is 1.07 bits per heavy atom. The fourth-order valence-corrected chi connectivity index (χ4v) is 2.26. The summed E-state index contributed by atoms with van der Waals surface area (Å²) in [5.74, 6) is -0.885. The van der Waals surface area contributed by atoms with Crippen molar-refractivity contribution in [1.29, 1.82) is 0 Å². The van der Waals surface area contributed by atoms with Gasteiger partial charge in [-0.2, -0.15) is 13.2 Å². The zero-order valence-electron chi connectivity index (χ0n) is 14.1. The second-order valence-electron chi connectivity index (χ2n) is 5.43. The minimum Gasteiger partial charge on any atom is -0.483 e. The highest BCUT2D eigenvalue weighted by molar-refractivity contribution is 6.31. The van der Waals surface area contributed by atoms with Gasteiger partial charge in [-0.1, -0.05) is 23.7 Å². The molecule has 0 aliphatic carbocycles. The van der Waals surface area contributed by atoms with Crippen LogP contribution in [0.15, 0.2) is 42.5 Å². The monoisotopic (exact) mass is 401 g/mol. The molecule has 0 atom stereocenters. The van der Waals surface area contributed by atoms with Gasteiger partial charge in [0, 0.05) is 5.02 Å². The lowest BCUT2D eigenvalue weighted by Gasteiger charge is -2.14. The highest BCUT2D eigenvalue weighted by Crippen LogP contribution is 2.27. The number of alkyl halides is 3. The average Bonchev–Trinajstić information content (AvgIpc) is 2.59. The molecule has 0 aliphatic heterocycles. The van der Waals surface area contributed by atoms with E-state index in [4.69, 9.17) is 16.3 Å². The minimum atomic E-state index is -4.50. The molecule has 1 amide bonds. The summed E-state index contributed by atoms with van der Waals surface area (Å²) >= 11 is 5.83. The molecule has 0 fully saturated rings. The van der Waals surface area contributed by atoms with Gasteiger partial charge in [-0.3, -0.25) is 9.59 Å². The molecule has 144 valence electrons. The summed E-state index contributed by atoms with van der Waals surface area (Å²) in [5.41, 5.74) is 0.280. The number of anilines is 1. The van der Waals surface area contributed by atoms with Crippen molar-refractivity contribution in [3.05, 3.63) is 53.1 Å². The van der Waals surface area contributed by atoms with E-state index in [0.717, 1.165) is 0 Å². The normalized spacial score (nSPS) is 11.0. The highest BCUT2D eigenvalue weighted by atomic mass is 35.5. The van der Waals surface area contributed by atoms with E-state index in [1.54, 1.807) is 0 Å². The summed E-state index contributed by atoms with van der Waals surface area (Å²) in [6, 6.07) is 10.1. The zero-order valence-corrected chi connectivity index (χ0v) is 14.9. The third kappa shape index (κ3) is 6.49. The van der Waals surface area contributed by atoms with E-state index in [0.29, 0.717) is 5.02 Å². The van der Waals surface area contributed by atoms with Crippen molar-refractivity contribution in [2.75, 3.05) is 18.5 Å². The van der Waals surface area contributed by atoms with E-state index in [2.05, 4.69) is 10.1 Å². The van der Waals surface area contributed by atoms with Crippen molar-refractivity contribution in [1.82, 2.24) is 0 Å². The number of halogens is 4. The SMILES string of the molecule is CC(=O)c1cc(Cl)ccc1OCC(=O)Nc1ccccc1OCC(F)(F)F. The molecular formula is C18H15ClF3NO4. The predicted octanol–water partition coefficient (Wildman–Crippen LogP) is 4.50. The van der Waals surface area contributed by atoms with Crippen LogP contribution in [0.4, 0.5) is 18.9 Å². The van der Waals surface area contributed by atoms with Gasteiger partial charge in [0.1, 0.15) is 11.5 Å². The second-order valence-corrected chi connectivity index (χ2v) is 5.87. The number of Topliss-reactive ketones (excluding diaryl/α,β-unsaturated/α-hetero) is 1. The number of nitrogens with one attached hydrogen (secondary N) is 1. The molecule has 0 saturated carbocycles. The first-order valence-corrected chi connectivity index (χ1v) is 8.05. The lowest BCUT2D eigenvalue weighted by Crippen LogP contribution is -2.23. The topological polar surface area (TPSA) is 64.6 Å². The molecule has 1 N–H and O–H groups in total. The number of rotatable bonds is 7. The van der Waals surface area contributed by atoms with Gasteiger partial charge in [0.05, 0.1) is 11.3 Å². The van der Waals surface area contributed by atoms with Crippen molar-refractivity contribution < 1.29 is 32.2 Å². The van der Waals surface area contributed by atoms with E-state index < -0.39 is 25.3 Å². The van der Waals surface area contributed by atoms with E-state index in [1.807, 2.05) is 0 Å². The summed E-state index contributed by atoms with van der Waals surface area (Å²) in [6.45, 7) is -0.620. The molecule has 5 nitrogen and oxygen atoms in total. The molecule has 0 spiro atoms. The van der Waals surface area contributed by atoms with Gasteiger partial charge in [-0.15, -0.1) is 0 Å². The summed E-state index contributed by atoms with van der Waals surface area (Å²) < 4.78 is 46.9.